The Hall–Kier alpha value is -3.94. The van der Waals surface area contributed by atoms with E-state index in [1.807, 2.05) is 13.8 Å². The van der Waals surface area contributed by atoms with Crippen LogP contribution in [0.4, 0.5) is 20.2 Å². The largest absolute Gasteiger partial charge is 0.449 e. The third-order valence-electron chi connectivity index (χ3n) is 6.28. The molecule has 3 aromatic rings. The zero-order valence-electron chi connectivity index (χ0n) is 21.8. The highest BCUT2D eigenvalue weighted by molar-refractivity contribution is 5.78. The molecule has 0 radical (unpaired) electrons. The Kier molecular flexibility index (Phi) is 7.76. The highest BCUT2D eigenvalue weighted by atomic mass is 19.3. The second kappa shape index (κ2) is 11.0. The summed E-state index contributed by atoms with van der Waals surface area (Å²) >= 11 is 0. The monoisotopic (exact) mass is 505 g/mol. The van der Waals surface area contributed by atoms with E-state index in [0.29, 0.717) is 17.2 Å². The van der Waals surface area contributed by atoms with Crippen LogP contribution in [0.2, 0.25) is 0 Å². The molecule has 8 heteroatoms. The van der Waals surface area contributed by atoms with Crippen LogP contribution in [0, 0.1) is 6.92 Å². The average Bonchev–Trinajstić information content (AvgIpc) is 3.30. The molecule has 0 aliphatic carbocycles. The molecule has 37 heavy (non-hydrogen) atoms. The average molecular weight is 506 g/mol. The number of nitrogens with one attached hydrogen (secondary N) is 1. The number of oxazole rings is 1. The van der Waals surface area contributed by atoms with E-state index in [1.54, 1.807) is 25.3 Å². The lowest BCUT2D eigenvalue weighted by Crippen LogP contribution is -2.44. The maximum atomic E-state index is 14.2. The van der Waals surface area contributed by atoms with E-state index < -0.39 is 5.92 Å². The molecule has 0 spiro atoms. The summed E-state index contributed by atoms with van der Waals surface area (Å²) in [5, 5.41) is 3.27. The van der Waals surface area contributed by atoms with Gasteiger partial charge < -0.3 is 19.5 Å². The topological polar surface area (TPSA) is 56.9 Å². The predicted molar refractivity (Wildman–Crippen MR) is 146 cm³/mol. The Morgan fingerprint density at radius 2 is 1.84 bits per heavy atom. The molecule has 0 atom stereocenters. The fraction of sp³-hybridized carbons (Fsp3) is 0.310. The van der Waals surface area contributed by atoms with Gasteiger partial charge in [0, 0.05) is 86.2 Å². The molecule has 1 saturated heterocycles. The van der Waals surface area contributed by atoms with Gasteiger partial charge >= 0.3 is 0 Å². The van der Waals surface area contributed by atoms with E-state index in [-0.39, 0.29) is 11.3 Å². The number of aryl methyl sites for hydroxylation is 1. The second-order valence-electron chi connectivity index (χ2n) is 9.21. The third kappa shape index (κ3) is 6.25. The number of aliphatic imine (C=N–C) groups is 1. The van der Waals surface area contributed by atoms with Crippen molar-refractivity contribution in [1.82, 2.24) is 15.2 Å². The number of aromatic nitrogens is 1. The molecule has 6 nitrogen and oxygen atoms in total. The molecule has 1 aliphatic rings. The van der Waals surface area contributed by atoms with Crippen LogP contribution in [0.25, 0.3) is 17.0 Å². The standard InChI is InChI=1S/C29H33F2N5O/c1-6-32-28-25(8-7-9-26(28)29(5,30)31)21(3)33-20(2)18-35-14-16-36(17-15-35)24-12-10-23(11-13-24)27-19-37-22(4)34-27/h6-13,18-19,33H,3,14-17H2,1-2,4-5H3/b20-18+,32-6-. The molecule has 4 rings (SSSR count). The van der Waals surface area contributed by atoms with Crippen molar-refractivity contribution in [3.63, 3.8) is 0 Å². The molecule has 2 aromatic carbocycles. The van der Waals surface area contributed by atoms with Crippen molar-refractivity contribution in [1.29, 1.82) is 0 Å². The SMILES string of the molecule is C=C(N/C(C)=C/N1CCN(c2ccc(-c3coc(C)n3)cc2)CC1)c1cccc(C(C)(F)F)c1/N=C\C. The number of para-hydroxylation sites is 1. The van der Waals surface area contributed by atoms with Crippen LogP contribution >= 0.6 is 0 Å². The fourth-order valence-corrected chi connectivity index (χ4v) is 4.47. The van der Waals surface area contributed by atoms with Crippen molar-refractivity contribution in [2.75, 3.05) is 31.1 Å². The normalized spacial score (nSPS) is 14.9. The zero-order valence-corrected chi connectivity index (χ0v) is 21.8. The molecule has 0 bridgehead atoms. The Bertz CT molecular complexity index is 1300. The molecule has 1 aromatic heterocycles. The fourth-order valence-electron chi connectivity index (χ4n) is 4.47. The van der Waals surface area contributed by atoms with Gasteiger partial charge in [-0.05, 0) is 26.0 Å². The summed E-state index contributed by atoms with van der Waals surface area (Å²) in [5.41, 5.74) is 5.13. The molecule has 1 aliphatic heterocycles. The third-order valence-corrected chi connectivity index (χ3v) is 6.28. The number of nitrogens with zero attached hydrogens (tertiary/aromatic N) is 4. The van der Waals surface area contributed by atoms with Crippen LogP contribution in [0.15, 0.2) is 76.6 Å². The first-order valence-corrected chi connectivity index (χ1v) is 12.3. The first-order chi connectivity index (χ1) is 17.7. The maximum Gasteiger partial charge on any atom is 0.272 e. The van der Waals surface area contributed by atoms with Crippen LogP contribution in [0.5, 0.6) is 0 Å². The first-order valence-electron chi connectivity index (χ1n) is 12.3. The van der Waals surface area contributed by atoms with E-state index in [1.165, 1.54) is 18.0 Å². The summed E-state index contributed by atoms with van der Waals surface area (Å²) in [4.78, 5) is 13.2. The molecule has 0 unspecified atom stereocenters. The van der Waals surface area contributed by atoms with Crippen LogP contribution < -0.4 is 10.2 Å². The zero-order chi connectivity index (χ0) is 26.6. The quantitative estimate of drug-likeness (QED) is 0.344. The minimum Gasteiger partial charge on any atom is -0.449 e. The molecule has 2 heterocycles. The summed E-state index contributed by atoms with van der Waals surface area (Å²) in [7, 11) is 0. The Morgan fingerprint density at radius 3 is 2.43 bits per heavy atom. The number of piperazine rings is 1. The lowest BCUT2D eigenvalue weighted by atomic mass is 10.0. The van der Waals surface area contributed by atoms with Gasteiger partial charge in [-0.3, -0.25) is 4.99 Å². The molecular formula is C29H33F2N5O. The number of alkyl halides is 2. The van der Waals surface area contributed by atoms with Crippen LogP contribution in [-0.2, 0) is 5.92 Å². The highest BCUT2D eigenvalue weighted by Crippen LogP contribution is 2.38. The van der Waals surface area contributed by atoms with Gasteiger partial charge in [0.05, 0.1) is 5.69 Å². The molecule has 194 valence electrons. The van der Waals surface area contributed by atoms with Crippen molar-refractivity contribution in [2.45, 2.75) is 33.6 Å². The Balaban J connectivity index is 1.37. The maximum absolute atomic E-state index is 14.2. The van der Waals surface area contributed by atoms with Crippen molar-refractivity contribution < 1.29 is 13.2 Å². The Labute approximate surface area is 217 Å². The predicted octanol–water partition coefficient (Wildman–Crippen LogP) is 6.73. The number of hydrogen-bond acceptors (Lipinski definition) is 6. The van der Waals surface area contributed by atoms with Gasteiger partial charge in [0.15, 0.2) is 5.89 Å². The van der Waals surface area contributed by atoms with Crippen LogP contribution in [0.1, 0.15) is 37.8 Å². The van der Waals surface area contributed by atoms with Crippen molar-refractivity contribution in [3.05, 3.63) is 84.2 Å². The number of halogens is 2. The van der Waals surface area contributed by atoms with Crippen LogP contribution in [-0.4, -0.2) is 42.3 Å². The van der Waals surface area contributed by atoms with Gasteiger partial charge in [0.2, 0.25) is 0 Å². The number of anilines is 1. The van der Waals surface area contributed by atoms with Crippen molar-refractivity contribution >= 4 is 23.3 Å². The van der Waals surface area contributed by atoms with Gasteiger partial charge in [-0.1, -0.05) is 36.9 Å². The lowest BCUT2D eigenvalue weighted by molar-refractivity contribution is 0.0181. The van der Waals surface area contributed by atoms with Gasteiger partial charge in [-0.2, -0.15) is 0 Å². The summed E-state index contributed by atoms with van der Waals surface area (Å²) < 4.78 is 33.6. The lowest BCUT2D eigenvalue weighted by Gasteiger charge is -2.36. The molecule has 0 amide bonds. The van der Waals surface area contributed by atoms with E-state index in [9.17, 15) is 8.78 Å². The smallest absolute Gasteiger partial charge is 0.272 e. The van der Waals surface area contributed by atoms with Gasteiger partial charge in [0.1, 0.15) is 12.0 Å². The van der Waals surface area contributed by atoms with Crippen molar-refractivity contribution in [2.24, 2.45) is 4.99 Å². The summed E-state index contributed by atoms with van der Waals surface area (Å²) in [6.45, 7) is 14.0. The van der Waals surface area contributed by atoms with E-state index >= 15 is 0 Å². The second-order valence-corrected chi connectivity index (χ2v) is 9.21. The van der Waals surface area contributed by atoms with Gasteiger partial charge in [0.25, 0.3) is 5.92 Å². The van der Waals surface area contributed by atoms with E-state index in [2.05, 4.69) is 62.1 Å². The Morgan fingerprint density at radius 1 is 1.14 bits per heavy atom. The van der Waals surface area contributed by atoms with Crippen molar-refractivity contribution in [3.8, 4) is 11.3 Å². The summed E-state index contributed by atoms with van der Waals surface area (Å²) in [6.07, 6.45) is 5.25. The minimum absolute atomic E-state index is 0.118. The summed E-state index contributed by atoms with van der Waals surface area (Å²) in [6, 6.07) is 13.1. The number of benzene rings is 2. The van der Waals surface area contributed by atoms with Gasteiger partial charge in [-0.25, -0.2) is 13.8 Å². The number of rotatable bonds is 8. The number of hydrogen-bond donors (Lipinski definition) is 1. The molecule has 1 N–H and O–H groups in total. The van der Waals surface area contributed by atoms with E-state index in [0.717, 1.165) is 50.1 Å². The first kappa shape index (κ1) is 26.1. The summed E-state index contributed by atoms with van der Waals surface area (Å²) in [5.74, 6) is -2.35. The van der Waals surface area contributed by atoms with E-state index in [4.69, 9.17) is 4.42 Å². The van der Waals surface area contributed by atoms with Gasteiger partial charge in [-0.15, -0.1) is 0 Å². The molecular weight excluding hydrogens is 472 g/mol. The minimum atomic E-state index is -3.00. The highest BCUT2D eigenvalue weighted by Gasteiger charge is 2.29. The number of allylic oxidation sites excluding steroid dienone is 1. The molecule has 0 saturated carbocycles. The van der Waals surface area contributed by atoms with Crippen LogP contribution in [0.3, 0.4) is 0 Å². The molecule has 1 fully saturated rings.